The van der Waals surface area contributed by atoms with E-state index in [1.807, 2.05) is 0 Å². The highest BCUT2D eigenvalue weighted by molar-refractivity contribution is 6.27. The topological polar surface area (TPSA) is 22.8 Å². The molecular formula is C130H88N6. The fraction of sp³-hybridized carbons (Fsp3) is 0.0462. The predicted octanol–water partition coefficient (Wildman–Crippen LogP) is 34.6. The Labute approximate surface area is 789 Å². The van der Waals surface area contributed by atoms with Crippen LogP contribution in [0.25, 0.3) is 131 Å². The van der Waals surface area contributed by atoms with Gasteiger partial charge in [-0.2, -0.15) is 0 Å². The first kappa shape index (κ1) is 77.4. The summed E-state index contributed by atoms with van der Waals surface area (Å²) >= 11 is 0. The monoisotopic (exact) mass is 1730 g/mol. The van der Waals surface area contributed by atoms with Crippen molar-refractivity contribution in [3.05, 3.63) is 528 Å². The molecule has 638 valence electrons. The van der Waals surface area contributed by atoms with Gasteiger partial charge in [-0.3, -0.25) is 0 Å². The normalized spacial score (nSPS) is 14.5. The number of aryl methyl sites for hydroxylation is 4. The summed E-state index contributed by atoms with van der Waals surface area (Å²) in [5.74, 6) is 0. The summed E-state index contributed by atoms with van der Waals surface area (Å²) in [5.41, 5.74) is 40.4. The van der Waals surface area contributed by atoms with E-state index in [0.29, 0.717) is 0 Å². The molecular weight excluding hydrogens is 1650 g/mol. The first-order valence-electron chi connectivity index (χ1n) is 47.4. The second-order valence-corrected chi connectivity index (χ2v) is 37.5. The van der Waals surface area contributed by atoms with Crippen LogP contribution in [0.2, 0.25) is 0 Å². The Morgan fingerprint density at radius 3 is 1.15 bits per heavy atom. The quantitative estimate of drug-likeness (QED) is 0.107. The Kier molecular flexibility index (Phi) is 16.9. The molecule has 4 heterocycles. The summed E-state index contributed by atoms with van der Waals surface area (Å²) in [4.78, 5) is 10.1. The summed E-state index contributed by atoms with van der Waals surface area (Å²) in [6, 6.07) is 176. The highest BCUT2D eigenvalue weighted by Gasteiger charge is 2.55. The maximum absolute atomic E-state index is 2.64. The number of fused-ring (bicyclic) bond motifs is 32. The Balaban J connectivity index is 0.714. The van der Waals surface area contributed by atoms with Crippen LogP contribution >= 0.6 is 0 Å². The molecule has 2 atom stereocenters. The minimum Gasteiger partial charge on any atom is -0.310 e. The lowest BCUT2D eigenvalue weighted by Crippen LogP contribution is -2.34. The number of anilines is 12. The summed E-state index contributed by atoms with van der Waals surface area (Å²) < 4.78 is 5.22. The molecule has 22 aromatic carbocycles. The smallest absolute Gasteiger partial charge is 0.0756 e. The van der Waals surface area contributed by atoms with E-state index in [1.54, 1.807) is 0 Å². The SMILES string of the molecule is Cc1cccc(N(c2ccccc2)c2cc3c(c4ccccc24)-c2c(cc(N(c4ccccc4)c4cccc(C)c4)c4ccc5cc(-c6ccc7c8cccc9c8n(c7c6)-c6ccccc6[C@@]96c7cc(N(c8ccccc8)c8ccccc8C)ccc7-c7c6cc(N(c6ccccc6)c6ccccc6C)c6ccccc76)ccc5c24)C32c3ccccc3-n3c4ccccc4c4cccc2c43)c1. The molecule has 24 aromatic rings. The van der Waals surface area contributed by atoms with Crippen molar-refractivity contribution in [1.82, 2.24) is 9.13 Å². The van der Waals surface area contributed by atoms with Gasteiger partial charge < -0.3 is 28.7 Å². The predicted molar refractivity (Wildman–Crippen MR) is 570 cm³/mol. The molecule has 136 heavy (non-hydrogen) atoms. The zero-order valence-corrected chi connectivity index (χ0v) is 75.6. The first-order valence-corrected chi connectivity index (χ1v) is 47.4. The Hall–Kier alpha value is -17.3. The van der Waals surface area contributed by atoms with E-state index in [1.165, 1.54) is 160 Å². The van der Waals surface area contributed by atoms with E-state index >= 15 is 0 Å². The number of nitrogens with zero attached hydrogens (tertiary/aromatic N) is 6. The Morgan fingerprint density at radius 1 is 0.199 bits per heavy atom. The van der Waals surface area contributed by atoms with Crippen molar-refractivity contribution in [2.75, 3.05) is 19.6 Å². The molecule has 0 saturated heterocycles. The van der Waals surface area contributed by atoms with E-state index in [2.05, 4.69) is 517 Å². The molecule has 2 aromatic heterocycles. The first-order chi connectivity index (χ1) is 67.2. The van der Waals surface area contributed by atoms with E-state index < -0.39 is 10.8 Å². The van der Waals surface area contributed by atoms with Gasteiger partial charge in [0.05, 0.1) is 61.3 Å². The molecule has 28 rings (SSSR count). The van der Waals surface area contributed by atoms with Gasteiger partial charge >= 0.3 is 0 Å². The maximum atomic E-state index is 2.64. The van der Waals surface area contributed by atoms with Crippen LogP contribution in [0.15, 0.2) is 461 Å². The van der Waals surface area contributed by atoms with Crippen LogP contribution in [0, 0.1) is 27.7 Å². The van der Waals surface area contributed by atoms with Gasteiger partial charge in [-0.25, -0.2) is 0 Å². The number of hydrogen-bond donors (Lipinski definition) is 0. The van der Waals surface area contributed by atoms with Crippen LogP contribution in [0.3, 0.4) is 0 Å². The summed E-state index contributed by atoms with van der Waals surface area (Å²) in [7, 11) is 0. The van der Waals surface area contributed by atoms with Crippen LogP contribution in [-0.2, 0) is 10.8 Å². The lowest BCUT2D eigenvalue weighted by molar-refractivity contribution is 0.749. The van der Waals surface area contributed by atoms with Crippen molar-refractivity contribution >= 4 is 155 Å². The molecule has 2 aliphatic heterocycles. The maximum Gasteiger partial charge on any atom is 0.0756 e. The van der Waals surface area contributed by atoms with Crippen LogP contribution < -0.4 is 19.6 Å². The largest absolute Gasteiger partial charge is 0.310 e. The lowest BCUT2D eigenvalue weighted by Gasteiger charge is -2.40. The average molecular weight is 1730 g/mol. The zero-order valence-electron chi connectivity index (χ0n) is 75.6. The molecule has 0 saturated carbocycles. The minimum atomic E-state index is -0.922. The van der Waals surface area contributed by atoms with Gasteiger partial charge in [0.1, 0.15) is 0 Å². The molecule has 2 aliphatic carbocycles. The summed E-state index contributed by atoms with van der Waals surface area (Å²) in [6.07, 6.45) is 0. The second-order valence-electron chi connectivity index (χ2n) is 37.5. The van der Waals surface area contributed by atoms with Gasteiger partial charge in [-0.1, -0.05) is 315 Å². The molecule has 0 amide bonds. The third-order valence-electron chi connectivity index (χ3n) is 30.3. The Morgan fingerprint density at radius 2 is 0.581 bits per heavy atom. The molecule has 2 spiro atoms. The second kappa shape index (κ2) is 29.6. The van der Waals surface area contributed by atoms with Crippen molar-refractivity contribution in [3.63, 3.8) is 0 Å². The van der Waals surface area contributed by atoms with Gasteiger partial charge in [0.2, 0.25) is 0 Å². The van der Waals surface area contributed by atoms with E-state index in [-0.39, 0.29) is 0 Å². The van der Waals surface area contributed by atoms with Crippen LogP contribution in [0.1, 0.15) is 66.8 Å². The van der Waals surface area contributed by atoms with Crippen LogP contribution in [0.4, 0.5) is 68.2 Å². The number of rotatable bonds is 13. The fourth-order valence-corrected chi connectivity index (χ4v) is 24.8. The van der Waals surface area contributed by atoms with E-state index in [9.17, 15) is 0 Å². The number of para-hydroxylation sites is 11. The standard InChI is InChI=1S/C130H88N6/c1-81-35-31-47-92(73-81)132(89-41-11-6-12-42-89)120-79-112-125(101-53-22-20-50-97(101)120)126-113(130(112)107-57-25-29-63-117(107)135-116-62-28-23-51-98(116)102-54-33-59-109(130)127(102)135)80-122(133(90-43-13-7-14-44-90)93-48-32-36-82(2)74-93)105-71-67-87-75-85(65-69-95(87)124(105)126)86-66-70-99-103-55-34-58-108-128(103)136(119(99)76-86)118-64-30-24-56-106(118)129(108)110-77-94(131(88-39-9-5-10-40-88)114-60-26-17-37-83(114)3)68-72-104(110)123-100-52-21-19-49-96(100)121(78-111(123)129)134(91-45-15-8-16-46-91)115-61-27-18-38-84(115)4/h5-80H,1-4H3/t129-,130?/m0/s1. The lowest BCUT2D eigenvalue weighted by atomic mass is 9.65. The van der Waals surface area contributed by atoms with Gasteiger partial charge in [0.15, 0.2) is 0 Å². The van der Waals surface area contributed by atoms with Crippen molar-refractivity contribution in [1.29, 1.82) is 0 Å². The average Bonchev–Trinajstić information content (AvgIpc) is 1.49. The molecule has 0 radical (unpaired) electrons. The molecule has 4 aliphatic rings. The molecule has 0 bridgehead atoms. The van der Waals surface area contributed by atoms with Gasteiger partial charge in [0.25, 0.3) is 0 Å². The summed E-state index contributed by atoms with van der Waals surface area (Å²) in [6.45, 7) is 8.92. The highest BCUT2D eigenvalue weighted by atomic mass is 15.2. The highest BCUT2D eigenvalue weighted by Crippen LogP contribution is 2.69. The molecule has 0 fully saturated rings. The number of benzene rings is 22. The number of hydrogen-bond acceptors (Lipinski definition) is 4. The molecule has 0 N–H and O–H groups in total. The van der Waals surface area contributed by atoms with Crippen molar-refractivity contribution < 1.29 is 0 Å². The third-order valence-corrected chi connectivity index (χ3v) is 30.3. The molecule has 1 unspecified atom stereocenters. The van der Waals surface area contributed by atoms with Gasteiger partial charge in [-0.05, 0) is 300 Å². The Bertz CT molecular complexity index is 9200. The van der Waals surface area contributed by atoms with Crippen molar-refractivity contribution in [2.45, 2.75) is 38.5 Å². The molecule has 6 nitrogen and oxygen atoms in total. The minimum absolute atomic E-state index is 0.864. The van der Waals surface area contributed by atoms with Gasteiger partial charge in [0, 0.05) is 88.9 Å². The third kappa shape index (κ3) is 10.8. The van der Waals surface area contributed by atoms with Crippen molar-refractivity contribution in [2.24, 2.45) is 0 Å². The van der Waals surface area contributed by atoms with Crippen molar-refractivity contribution in [3.8, 4) is 44.8 Å². The van der Waals surface area contributed by atoms with Crippen LogP contribution in [0.5, 0.6) is 0 Å². The fourth-order valence-electron chi connectivity index (χ4n) is 24.8. The molecule has 6 heteroatoms. The van der Waals surface area contributed by atoms with E-state index in [4.69, 9.17) is 0 Å². The van der Waals surface area contributed by atoms with Gasteiger partial charge in [-0.15, -0.1) is 0 Å². The van der Waals surface area contributed by atoms with E-state index in [0.717, 1.165) is 107 Å². The van der Waals surface area contributed by atoms with Crippen LogP contribution in [-0.4, -0.2) is 9.13 Å². The number of aromatic nitrogens is 2. The summed E-state index contributed by atoms with van der Waals surface area (Å²) in [5, 5.41) is 14.3. The zero-order chi connectivity index (χ0) is 89.9.